The van der Waals surface area contributed by atoms with Gasteiger partial charge in [-0.2, -0.15) is 0 Å². The molecule has 1 atom stereocenters. The van der Waals surface area contributed by atoms with E-state index < -0.39 is 12.0 Å². The third kappa shape index (κ3) is 5.63. The van der Waals surface area contributed by atoms with Crippen molar-refractivity contribution >= 4 is 46.3 Å². The van der Waals surface area contributed by atoms with Crippen LogP contribution in [0, 0.1) is 6.92 Å². The molecule has 0 bridgehead atoms. The molecular weight excluding hydrogens is 478 g/mol. The molecule has 3 aromatic rings. The summed E-state index contributed by atoms with van der Waals surface area (Å²) in [5.41, 5.74) is 3.64. The third-order valence-electron chi connectivity index (χ3n) is 5.56. The molecule has 0 spiro atoms. The highest BCUT2D eigenvalue weighted by Crippen LogP contribution is 2.39. The second kappa shape index (κ2) is 11.3. The van der Waals surface area contributed by atoms with Crippen molar-refractivity contribution in [2.45, 2.75) is 26.5 Å². The van der Waals surface area contributed by atoms with Gasteiger partial charge in [-0.05, 0) is 42.7 Å². The lowest BCUT2D eigenvalue weighted by Crippen LogP contribution is -2.38. The second-order valence-electron chi connectivity index (χ2n) is 7.87. The van der Waals surface area contributed by atoms with E-state index in [1.54, 1.807) is 25.1 Å². The van der Waals surface area contributed by atoms with E-state index in [2.05, 4.69) is 0 Å². The number of hydrogen-bond acceptors (Lipinski definition) is 6. The number of carbonyl (C=O) groups is 2. The number of esters is 1. The van der Waals surface area contributed by atoms with Gasteiger partial charge in [0.2, 0.25) is 0 Å². The van der Waals surface area contributed by atoms with Crippen molar-refractivity contribution < 1.29 is 19.1 Å². The van der Waals surface area contributed by atoms with E-state index in [4.69, 9.17) is 21.7 Å². The van der Waals surface area contributed by atoms with E-state index in [-0.39, 0.29) is 12.5 Å². The molecule has 35 heavy (non-hydrogen) atoms. The van der Waals surface area contributed by atoms with Crippen LogP contribution in [0.2, 0.25) is 0 Å². The number of ether oxygens (including phenoxy) is 2. The van der Waals surface area contributed by atoms with Crippen LogP contribution in [0.5, 0.6) is 5.75 Å². The minimum absolute atomic E-state index is 0.207. The van der Waals surface area contributed by atoms with Crippen molar-refractivity contribution in [3.63, 3.8) is 0 Å². The predicted octanol–water partition coefficient (Wildman–Crippen LogP) is 6.08. The summed E-state index contributed by atoms with van der Waals surface area (Å²) in [7, 11) is 0. The van der Waals surface area contributed by atoms with Gasteiger partial charge in [-0.3, -0.25) is 9.69 Å². The summed E-state index contributed by atoms with van der Waals surface area (Å²) in [5.74, 6) is -0.195. The van der Waals surface area contributed by atoms with E-state index in [0.717, 1.165) is 16.7 Å². The molecule has 0 aliphatic carbocycles. The minimum Gasteiger partial charge on any atom is -0.488 e. The van der Waals surface area contributed by atoms with Crippen LogP contribution in [0.1, 0.15) is 35.2 Å². The summed E-state index contributed by atoms with van der Waals surface area (Å²) in [4.78, 5) is 28.1. The van der Waals surface area contributed by atoms with Gasteiger partial charge >= 0.3 is 5.97 Å². The van der Waals surface area contributed by atoms with Gasteiger partial charge in [0.05, 0.1) is 11.5 Å². The Hall–Kier alpha value is -3.42. The van der Waals surface area contributed by atoms with Gasteiger partial charge in [0, 0.05) is 5.56 Å². The van der Waals surface area contributed by atoms with E-state index in [9.17, 15) is 9.59 Å². The highest BCUT2D eigenvalue weighted by Gasteiger charge is 2.42. The molecule has 5 nitrogen and oxygen atoms in total. The summed E-state index contributed by atoms with van der Waals surface area (Å²) in [6.07, 6.45) is 1.76. The van der Waals surface area contributed by atoms with Crippen LogP contribution < -0.4 is 4.74 Å². The van der Waals surface area contributed by atoms with Crippen molar-refractivity contribution in [3.8, 4) is 5.75 Å². The molecule has 1 aliphatic heterocycles. The molecule has 7 heteroatoms. The first-order valence-electron chi connectivity index (χ1n) is 11.2. The highest BCUT2D eigenvalue weighted by atomic mass is 32.2. The summed E-state index contributed by atoms with van der Waals surface area (Å²) in [6.45, 7) is 4.40. The fourth-order valence-corrected chi connectivity index (χ4v) is 5.05. The molecule has 178 valence electrons. The molecule has 1 unspecified atom stereocenters. The van der Waals surface area contributed by atoms with Crippen LogP contribution in [0.15, 0.2) is 83.8 Å². The summed E-state index contributed by atoms with van der Waals surface area (Å²) >= 11 is 6.71. The number of carbonyl (C=O) groups excluding carboxylic acids is 2. The summed E-state index contributed by atoms with van der Waals surface area (Å²) in [5, 5.41) is 0. The fourth-order valence-electron chi connectivity index (χ4n) is 3.75. The monoisotopic (exact) mass is 503 g/mol. The number of benzene rings is 3. The van der Waals surface area contributed by atoms with Crippen LogP contribution in [-0.4, -0.2) is 27.7 Å². The van der Waals surface area contributed by atoms with Crippen molar-refractivity contribution in [2.75, 3.05) is 6.61 Å². The van der Waals surface area contributed by atoms with Gasteiger partial charge in [-0.15, -0.1) is 0 Å². The van der Waals surface area contributed by atoms with Crippen LogP contribution in [0.4, 0.5) is 0 Å². The number of para-hydroxylation sites is 1. The number of rotatable bonds is 8. The van der Waals surface area contributed by atoms with Gasteiger partial charge in [0.25, 0.3) is 5.91 Å². The zero-order valence-electron chi connectivity index (χ0n) is 19.5. The average Bonchev–Trinajstić information content (AvgIpc) is 3.13. The predicted molar refractivity (Wildman–Crippen MR) is 143 cm³/mol. The second-order valence-corrected chi connectivity index (χ2v) is 9.55. The molecule has 0 N–H and O–H groups in total. The van der Waals surface area contributed by atoms with Gasteiger partial charge in [0.1, 0.15) is 16.7 Å². The SMILES string of the molecule is CCOC(=O)C(c1ccccc1)N1C(=O)/C(=C\c2ccccc2OCc2ccccc2C)SC1=S. The molecule has 1 heterocycles. The molecule has 3 aromatic carbocycles. The summed E-state index contributed by atoms with van der Waals surface area (Å²) < 4.78 is 11.7. The van der Waals surface area contributed by atoms with Crippen molar-refractivity contribution in [1.29, 1.82) is 0 Å². The van der Waals surface area contributed by atoms with Crippen molar-refractivity contribution in [2.24, 2.45) is 0 Å². The molecule has 1 saturated heterocycles. The topological polar surface area (TPSA) is 55.8 Å². The van der Waals surface area contributed by atoms with Crippen molar-refractivity contribution in [3.05, 3.63) is 106 Å². The molecule has 1 amide bonds. The first-order valence-corrected chi connectivity index (χ1v) is 12.5. The van der Waals surface area contributed by atoms with Crippen LogP contribution in [0.3, 0.4) is 0 Å². The molecule has 0 saturated carbocycles. The largest absolute Gasteiger partial charge is 0.488 e. The smallest absolute Gasteiger partial charge is 0.333 e. The Labute approximate surface area is 214 Å². The molecular formula is C28H25NO4S2. The lowest BCUT2D eigenvalue weighted by atomic mass is 10.1. The lowest BCUT2D eigenvalue weighted by Gasteiger charge is -2.25. The Morgan fingerprint density at radius 1 is 1.03 bits per heavy atom. The van der Waals surface area contributed by atoms with Gasteiger partial charge in [-0.1, -0.05) is 96.8 Å². The van der Waals surface area contributed by atoms with E-state index in [1.807, 2.05) is 73.7 Å². The van der Waals surface area contributed by atoms with E-state index in [0.29, 0.717) is 27.1 Å². The highest BCUT2D eigenvalue weighted by molar-refractivity contribution is 8.26. The Morgan fingerprint density at radius 2 is 1.71 bits per heavy atom. The molecule has 1 fully saturated rings. The number of aryl methyl sites for hydroxylation is 1. The first kappa shape index (κ1) is 24.7. The molecule has 0 aromatic heterocycles. The maximum atomic E-state index is 13.5. The first-order chi connectivity index (χ1) is 17.0. The number of thiocarbonyl (C=S) groups is 1. The quantitative estimate of drug-likeness (QED) is 0.211. The number of thioether (sulfide) groups is 1. The Morgan fingerprint density at radius 3 is 2.46 bits per heavy atom. The average molecular weight is 504 g/mol. The maximum absolute atomic E-state index is 13.5. The summed E-state index contributed by atoms with van der Waals surface area (Å²) in [6, 6.07) is 23.7. The van der Waals surface area contributed by atoms with Gasteiger partial charge in [-0.25, -0.2) is 4.79 Å². The number of hydrogen-bond donors (Lipinski definition) is 0. The van der Waals surface area contributed by atoms with Gasteiger partial charge in [0.15, 0.2) is 6.04 Å². The molecule has 0 radical (unpaired) electrons. The Kier molecular flexibility index (Phi) is 8.00. The van der Waals surface area contributed by atoms with Crippen LogP contribution >= 0.6 is 24.0 Å². The van der Waals surface area contributed by atoms with E-state index in [1.165, 1.54) is 16.7 Å². The van der Waals surface area contributed by atoms with Gasteiger partial charge < -0.3 is 9.47 Å². The van der Waals surface area contributed by atoms with E-state index >= 15 is 0 Å². The maximum Gasteiger partial charge on any atom is 0.333 e. The van der Waals surface area contributed by atoms with Crippen molar-refractivity contribution in [1.82, 2.24) is 4.90 Å². The molecule has 1 aliphatic rings. The number of amides is 1. The zero-order valence-corrected chi connectivity index (χ0v) is 21.1. The molecule has 4 rings (SSSR count). The Bertz CT molecular complexity index is 1270. The minimum atomic E-state index is -0.943. The third-order valence-corrected chi connectivity index (χ3v) is 6.89. The zero-order chi connectivity index (χ0) is 24.8. The number of nitrogens with zero attached hydrogens (tertiary/aromatic N) is 1. The standard InChI is InChI=1S/C28H25NO4S2/c1-3-32-27(31)25(20-12-5-4-6-13-20)29-26(30)24(35-28(29)34)17-21-14-9-10-16-23(21)33-18-22-15-8-7-11-19(22)2/h4-17,25H,3,18H2,1-2H3/b24-17+. The van der Waals surface area contributed by atoms with Crippen LogP contribution in [0.25, 0.3) is 6.08 Å². The Balaban J connectivity index is 1.61. The normalized spacial score (nSPS) is 15.4. The fraction of sp³-hybridized carbons (Fsp3) is 0.179. The lowest BCUT2D eigenvalue weighted by molar-refractivity contribution is -0.151. The van der Waals surface area contributed by atoms with Crippen LogP contribution in [-0.2, 0) is 20.9 Å².